The number of hydrogen-bond donors (Lipinski definition) is 0. The third-order valence-electron chi connectivity index (χ3n) is 5.14. The van der Waals surface area contributed by atoms with Gasteiger partial charge in [0.2, 0.25) is 0 Å². The maximum atomic E-state index is 12.7. The number of non-ortho nitro benzene ring substituents is 1. The Labute approximate surface area is 147 Å². The normalized spacial score (nSPS) is 20.0. The van der Waals surface area contributed by atoms with E-state index in [9.17, 15) is 14.9 Å². The largest absolute Gasteiger partial charge is 0.339 e. The van der Waals surface area contributed by atoms with Crippen LogP contribution in [0.3, 0.4) is 0 Å². The van der Waals surface area contributed by atoms with Gasteiger partial charge in [-0.1, -0.05) is 36.4 Å². The third kappa shape index (κ3) is 3.87. The lowest BCUT2D eigenvalue weighted by Crippen LogP contribution is -2.39. The zero-order valence-corrected chi connectivity index (χ0v) is 14.3. The predicted molar refractivity (Wildman–Crippen MR) is 96.6 cm³/mol. The molecule has 0 atom stereocenters. The van der Waals surface area contributed by atoms with E-state index in [0.717, 1.165) is 25.7 Å². The average molecular weight is 338 g/mol. The molecular formula is C20H22N2O3. The molecule has 0 N–H and O–H groups in total. The number of amides is 1. The number of rotatable bonds is 4. The van der Waals surface area contributed by atoms with Crippen LogP contribution >= 0.6 is 0 Å². The van der Waals surface area contributed by atoms with Gasteiger partial charge in [-0.05, 0) is 43.2 Å². The minimum Gasteiger partial charge on any atom is -0.339 e. The Morgan fingerprint density at radius 3 is 2.36 bits per heavy atom. The van der Waals surface area contributed by atoms with E-state index in [1.807, 2.05) is 6.07 Å². The van der Waals surface area contributed by atoms with Crippen molar-refractivity contribution in [3.05, 3.63) is 75.8 Å². The van der Waals surface area contributed by atoms with Crippen molar-refractivity contribution in [1.29, 1.82) is 0 Å². The maximum absolute atomic E-state index is 12.7. The van der Waals surface area contributed by atoms with Gasteiger partial charge in [0, 0.05) is 30.8 Å². The summed E-state index contributed by atoms with van der Waals surface area (Å²) in [6, 6.07) is 16.7. The molecule has 0 unspecified atom stereocenters. The van der Waals surface area contributed by atoms with Gasteiger partial charge in [-0.15, -0.1) is 0 Å². The van der Waals surface area contributed by atoms with E-state index in [-0.39, 0.29) is 17.6 Å². The molecule has 3 rings (SSSR count). The SMILES string of the molecule is CN(C(=O)c1cccc([N+](=O)[O-])c1)C1CCC(c2ccccc2)CC1. The van der Waals surface area contributed by atoms with Gasteiger partial charge in [-0.2, -0.15) is 0 Å². The van der Waals surface area contributed by atoms with Crippen LogP contribution in [0.25, 0.3) is 0 Å². The van der Waals surface area contributed by atoms with Crippen LogP contribution in [0.2, 0.25) is 0 Å². The molecule has 1 saturated carbocycles. The Bertz CT molecular complexity index is 753. The molecule has 0 heterocycles. The molecular weight excluding hydrogens is 316 g/mol. The molecule has 25 heavy (non-hydrogen) atoms. The molecule has 0 spiro atoms. The quantitative estimate of drug-likeness (QED) is 0.613. The maximum Gasteiger partial charge on any atom is 0.270 e. The van der Waals surface area contributed by atoms with Crippen molar-refractivity contribution in [3.63, 3.8) is 0 Å². The van der Waals surface area contributed by atoms with E-state index in [0.29, 0.717) is 11.5 Å². The first-order valence-electron chi connectivity index (χ1n) is 8.63. The van der Waals surface area contributed by atoms with E-state index in [1.54, 1.807) is 24.1 Å². The fourth-order valence-electron chi connectivity index (χ4n) is 3.64. The summed E-state index contributed by atoms with van der Waals surface area (Å²) in [5.74, 6) is 0.408. The van der Waals surface area contributed by atoms with E-state index in [4.69, 9.17) is 0 Å². The second-order valence-electron chi connectivity index (χ2n) is 6.64. The summed E-state index contributed by atoms with van der Waals surface area (Å²) in [6.45, 7) is 0. The van der Waals surface area contributed by atoms with Crippen molar-refractivity contribution >= 4 is 11.6 Å². The topological polar surface area (TPSA) is 63.5 Å². The predicted octanol–water partition coefficient (Wildman–Crippen LogP) is 4.39. The Balaban J connectivity index is 1.64. The summed E-state index contributed by atoms with van der Waals surface area (Å²) in [5, 5.41) is 10.9. The van der Waals surface area contributed by atoms with Gasteiger partial charge in [0.25, 0.3) is 11.6 Å². The van der Waals surface area contributed by atoms with Gasteiger partial charge in [-0.25, -0.2) is 0 Å². The number of carbonyl (C=O) groups is 1. The summed E-state index contributed by atoms with van der Waals surface area (Å²) in [5.41, 5.74) is 1.70. The van der Waals surface area contributed by atoms with Crippen molar-refractivity contribution in [2.75, 3.05) is 7.05 Å². The first-order valence-corrected chi connectivity index (χ1v) is 8.63. The number of benzene rings is 2. The van der Waals surface area contributed by atoms with Crippen LogP contribution in [-0.4, -0.2) is 28.8 Å². The summed E-state index contributed by atoms with van der Waals surface area (Å²) in [7, 11) is 1.80. The molecule has 0 aromatic heterocycles. The zero-order chi connectivity index (χ0) is 17.8. The van der Waals surface area contributed by atoms with Gasteiger partial charge in [0.15, 0.2) is 0 Å². The van der Waals surface area contributed by atoms with Crippen LogP contribution < -0.4 is 0 Å². The highest BCUT2D eigenvalue weighted by Crippen LogP contribution is 2.34. The average Bonchev–Trinajstić information content (AvgIpc) is 2.67. The summed E-state index contributed by atoms with van der Waals surface area (Å²) in [6.07, 6.45) is 4.02. The lowest BCUT2D eigenvalue weighted by atomic mass is 9.81. The molecule has 0 bridgehead atoms. The van der Waals surface area contributed by atoms with E-state index in [1.165, 1.54) is 17.7 Å². The molecule has 5 nitrogen and oxygen atoms in total. The number of carbonyl (C=O) groups excluding carboxylic acids is 1. The highest BCUT2D eigenvalue weighted by atomic mass is 16.6. The lowest BCUT2D eigenvalue weighted by molar-refractivity contribution is -0.384. The van der Waals surface area contributed by atoms with Gasteiger partial charge in [0.05, 0.1) is 4.92 Å². The minimum atomic E-state index is -0.470. The fraction of sp³-hybridized carbons (Fsp3) is 0.350. The molecule has 0 saturated heterocycles. The Morgan fingerprint density at radius 2 is 1.72 bits per heavy atom. The molecule has 1 aliphatic carbocycles. The second kappa shape index (κ2) is 7.47. The van der Waals surface area contributed by atoms with Gasteiger partial charge >= 0.3 is 0 Å². The number of nitro groups is 1. The van der Waals surface area contributed by atoms with Crippen LogP contribution in [-0.2, 0) is 0 Å². The zero-order valence-electron chi connectivity index (χ0n) is 14.3. The molecule has 1 amide bonds. The van der Waals surface area contributed by atoms with Gasteiger partial charge in [-0.3, -0.25) is 14.9 Å². The van der Waals surface area contributed by atoms with Crippen LogP contribution in [0.4, 0.5) is 5.69 Å². The van der Waals surface area contributed by atoms with Crippen LogP contribution in [0.5, 0.6) is 0 Å². The van der Waals surface area contributed by atoms with Gasteiger partial charge in [0.1, 0.15) is 0 Å². The monoisotopic (exact) mass is 338 g/mol. The van der Waals surface area contributed by atoms with Crippen molar-refractivity contribution in [2.45, 2.75) is 37.6 Å². The molecule has 0 aliphatic heterocycles. The molecule has 1 aliphatic rings. The third-order valence-corrected chi connectivity index (χ3v) is 5.14. The van der Waals surface area contributed by atoms with Crippen molar-refractivity contribution in [2.24, 2.45) is 0 Å². The van der Waals surface area contributed by atoms with Crippen molar-refractivity contribution in [3.8, 4) is 0 Å². The molecule has 1 fully saturated rings. The smallest absolute Gasteiger partial charge is 0.270 e. The lowest BCUT2D eigenvalue weighted by Gasteiger charge is -2.35. The minimum absolute atomic E-state index is 0.0490. The number of hydrogen-bond acceptors (Lipinski definition) is 3. The highest BCUT2D eigenvalue weighted by Gasteiger charge is 2.28. The highest BCUT2D eigenvalue weighted by molar-refractivity contribution is 5.94. The summed E-state index contributed by atoms with van der Waals surface area (Å²) < 4.78 is 0. The Kier molecular flexibility index (Phi) is 5.12. The second-order valence-corrected chi connectivity index (χ2v) is 6.64. The standard InChI is InChI=1S/C20H22N2O3/c1-21(20(23)17-8-5-9-19(14-17)22(24)25)18-12-10-16(11-13-18)15-6-3-2-4-7-15/h2-9,14,16,18H,10-13H2,1H3. The van der Waals surface area contributed by atoms with E-state index in [2.05, 4.69) is 24.3 Å². The van der Waals surface area contributed by atoms with Crippen LogP contribution in [0, 0.1) is 10.1 Å². The number of nitrogens with zero attached hydrogens (tertiary/aromatic N) is 2. The van der Waals surface area contributed by atoms with E-state index < -0.39 is 4.92 Å². The first kappa shape index (κ1) is 17.1. The summed E-state index contributed by atoms with van der Waals surface area (Å²) >= 11 is 0. The fourth-order valence-corrected chi connectivity index (χ4v) is 3.64. The van der Waals surface area contributed by atoms with Crippen molar-refractivity contribution in [1.82, 2.24) is 4.90 Å². The molecule has 5 heteroatoms. The number of nitro benzene ring substituents is 1. The molecule has 130 valence electrons. The Hall–Kier alpha value is -2.69. The van der Waals surface area contributed by atoms with E-state index >= 15 is 0 Å². The molecule has 0 radical (unpaired) electrons. The van der Waals surface area contributed by atoms with Crippen LogP contribution in [0.15, 0.2) is 54.6 Å². The molecule has 2 aromatic rings. The Morgan fingerprint density at radius 1 is 1.04 bits per heavy atom. The van der Waals surface area contributed by atoms with Crippen molar-refractivity contribution < 1.29 is 9.72 Å². The van der Waals surface area contributed by atoms with Crippen LogP contribution in [0.1, 0.15) is 47.5 Å². The summed E-state index contributed by atoms with van der Waals surface area (Å²) in [4.78, 5) is 24.9. The first-order chi connectivity index (χ1) is 12.1. The molecule has 2 aromatic carbocycles. The van der Waals surface area contributed by atoms with Gasteiger partial charge < -0.3 is 4.90 Å².